The molecule has 0 saturated heterocycles. The van der Waals surface area contributed by atoms with Crippen molar-refractivity contribution in [1.29, 1.82) is 0 Å². The number of esters is 1. The Morgan fingerprint density at radius 1 is 1.09 bits per heavy atom. The molecule has 0 radical (unpaired) electrons. The van der Waals surface area contributed by atoms with Gasteiger partial charge in [-0.2, -0.15) is 0 Å². The number of ether oxygens (including phenoxy) is 1. The maximum Gasteiger partial charge on any atom is 0.340 e. The Morgan fingerprint density at radius 3 is 2.27 bits per heavy atom. The molecule has 0 aliphatic carbocycles. The molecular weight excluding hydrogens is 309 g/mol. The van der Waals surface area contributed by atoms with Crippen molar-refractivity contribution in [2.24, 2.45) is 0 Å². The molecule has 0 aliphatic rings. The summed E-state index contributed by atoms with van der Waals surface area (Å²) in [7, 11) is -1.38. The van der Waals surface area contributed by atoms with Crippen molar-refractivity contribution >= 4 is 21.7 Å². The number of sulfonamides is 1. The third-order valence-corrected chi connectivity index (χ3v) is 4.91. The van der Waals surface area contributed by atoms with Gasteiger partial charge in [0, 0.05) is 7.05 Å². The first kappa shape index (κ1) is 16.0. The fourth-order valence-electron chi connectivity index (χ4n) is 1.92. The van der Waals surface area contributed by atoms with E-state index >= 15 is 0 Å². The highest BCUT2D eigenvalue weighted by atomic mass is 32.2. The van der Waals surface area contributed by atoms with Crippen LogP contribution in [-0.2, 0) is 14.8 Å². The minimum atomic E-state index is -3.91. The molecule has 2 rings (SSSR count). The number of benzene rings is 2. The van der Waals surface area contributed by atoms with Gasteiger partial charge in [-0.1, -0.05) is 12.1 Å². The van der Waals surface area contributed by atoms with Gasteiger partial charge < -0.3 is 4.74 Å². The monoisotopic (exact) mass is 323 g/mol. The average molecular weight is 323 g/mol. The standard InChI is InChI=1S/C15H14FNO4S/c1-17(14-6-4-3-5-13(14)15(18)21-2)22(19,20)12-9-7-11(16)8-10-12/h3-10H,1-2H3. The van der Waals surface area contributed by atoms with Gasteiger partial charge in [-0.25, -0.2) is 17.6 Å². The second-order valence-electron chi connectivity index (χ2n) is 4.44. The molecule has 7 heteroatoms. The zero-order valence-corrected chi connectivity index (χ0v) is 12.8. The van der Waals surface area contributed by atoms with E-state index in [2.05, 4.69) is 4.74 Å². The number of carbonyl (C=O) groups excluding carboxylic acids is 1. The van der Waals surface area contributed by atoms with Gasteiger partial charge in [0.15, 0.2) is 0 Å². The lowest BCUT2D eigenvalue weighted by molar-refractivity contribution is 0.0601. The number of methoxy groups -OCH3 is 1. The molecule has 0 unspecified atom stereocenters. The highest BCUT2D eigenvalue weighted by Crippen LogP contribution is 2.26. The number of nitrogens with zero attached hydrogens (tertiary/aromatic N) is 1. The Hall–Kier alpha value is -2.41. The van der Waals surface area contributed by atoms with E-state index in [1.807, 2.05) is 0 Å². The Bertz CT molecular complexity index is 787. The molecule has 2 aromatic carbocycles. The number of carbonyl (C=O) groups is 1. The molecule has 5 nitrogen and oxygen atoms in total. The van der Waals surface area contributed by atoms with Crippen LogP contribution in [0.25, 0.3) is 0 Å². The van der Waals surface area contributed by atoms with E-state index in [-0.39, 0.29) is 16.1 Å². The molecule has 0 N–H and O–H groups in total. The average Bonchev–Trinajstić information content (AvgIpc) is 2.53. The second kappa shape index (κ2) is 6.15. The maximum atomic E-state index is 12.9. The molecule has 0 atom stereocenters. The molecule has 0 heterocycles. The van der Waals surface area contributed by atoms with Crippen LogP contribution in [-0.4, -0.2) is 28.5 Å². The van der Waals surface area contributed by atoms with E-state index in [1.165, 1.54) is 38.4 Å². The molecule has 0 aromatic heterocycles. The first-order chi connectivity index (χ1) is 10.4. The van der Waals surface area contributed by atoms with Crippen LogP contribution in [0.4, 0.5) is 10.1 Å². The molecular formula is C15H14FNO4S. The quantitative estimate of drug-likeness (QED) is 0.811. The largest absolute Gasteiger partial charge is 0.465 e. The summed E-state index contributed by atoms with van der Waals surface area (Å²) in [5.74, 6) is -1.17. The lowest BCUT2D eigenvalue weighted by Gasteiger charge is -2.21. The van der Waals surface area contributed by atoms with Gasteiger partial charge in [0.25, 0.3) is 10.0 Å². The van der Waals surface area contributed by atoms with Gasteiger partial charge in [0.1, 0.15) is 5.82 Å². The number of para-hydroxylation sites is 1. The summed E-state index contributed by atoms with van der Waals surface area (Å²) in [6.45, 7) is 0. The summed E-state index contributed by atoms with van der Waals surface area (Å²) in [4.78, 5) is 11.7. The van der Waals surface area contributed by atoms with Crippen LogP contribution in [0.1, 0.15) is 10.4 Å². The topological polar surface area (TPSA) is 63.7 Å². The van der Waals surface area contributed by atoms with E-state index in [0.717, 1.165) is 16.4 Å². The summed E-state index contributed by atoms with van der Waals surface area (Å²) in [6.07, 6.45) is 0. The normalized spacial score (nSPS) is 11.0. The fourth-order valence-corrected chi connectivity index (χ4v) is 3.14. The Kier molecular flexibility index (Phi) is 4.46. The highest BCUT2D eigenvalue weighted by molar-refractivity contribution is 7.92. The van der Waals surface area contributed by atoms with Crippen LogP contribution >= 0.6 is 0 Å². The number of anilines is 1. The molecule has 0 spiro atoms. The number of hydrogen-bond donors (Lipinski definition) is 0. The highest BCUT2D eigenvalue weighted by Gasteiger charge is 2.25. The minimum absolute atomic E-state index is 0.0731. The predicted octanol–water partition coefficient (Wildman–Crippen LogP) is 2.44. The van der Waals surface area contributed by atoms with Crippen molar-refractivity contribution in [3.8, 4) is 0 Å². The number of hydrogen-bond acceptors (Lipinski definition) is 4. The first-order valence-corrected chi connectivity index (χ1v) is 7.74. The van der Waals surface area contributed by atoms with Gasteiger partial charge in [-0.05, 0) is 36.4 Å². The minimum Gasteiger partial charge on any atom is -0.465 e. The third-order valence-electron chi connectivity index (χ3n) is 3.12. The molecule has 2 aromatic rings. The molecule has 0 saturated carbocycles. The van der Waals surface area contributed by atoms with Gasteiger partial charge in [-0.15, -0.1) is 0 Å². The maximum absolute atomic E-state index is 12.9. The predicted molar refractivity (Wildman–Crippen MR) is 79.8 cm³/mol. The fraction of sp³-hybridized carbons (Fsp3) is 0.133. The van der Waals surface area contributed by atoms with Crippen molar-refractivity contribution in [1.82, 2.24) is 0 Å². The van der Waals surface area contributed by atoms with Crippen molar-refractivity contribution in [2.45, 2.75) is 4.90 Å². The van der Waals surface area contributed by atoms with Gasteiger partial charge in [0.05, 0.1) is 23.3 Å². The summed E-state index contributed by atoms with van der Waals surface area (Å²) in [6, 6.07) is 10.6. The van der Waals surface area contributed by atoms with Crippen molar-refractivity contribution in [2.75, 3.05) is 18.5 Å². The van der Waals surface area contributed by atoms with Crippen molar-refractivity contribution in [3.05, 3.63) is 59.9 Å². The Balaban J connectivity index is 2.49. The summed E-state index contributed by atoms with van der Waals surface area (Å²) in [5.41, 5.74) is 0.303. The molecule has 116 valence electrons. The smallest absolute Gasteiger partial charge is 0.340 e. The van der Waals surface area contributed by atoms with E-state index in [4.69, 9.17) is 0 Å². The zero-order chi connectivity index (χ0) is 16.3. The van der Waals surface area contributed by atoms with Crippen LogP contribution in [0.2, 0.25) is 0 Å². The van der Waals surface area contributed by atoms with Crippen LogP contribution < -0.4 is 4.31 Å². The lowest BCUT2D eigenvalue weighted by atomic mass is 10.2. The van der Waals surface area contributed by atoms with Crippen LogP contribution in [0.5, 0.6) is 0 Å². The SMILES string of the molecule is COC(=O)c1ccccc1N(C)S(=O)(=O)c1ccc(F)cc1. The molecule has 0 bridgehead atoms. The van der Waals surface area contributed by atoms with Crippen LogP contribution in [0.3, 0.4) is 0 Å². The van der Waals surface area contributed by atoms with E-state index in [0.29, 0.717) is 0 Å². The number of rotatable bonds is 4. The molecule has 0 fully saturated rings. The van der Waals surface area contributed by atoms with E-state index in [1.54, 1.807) is 12.1 Å². The zero-order valence-electron chi connectivity index (χ0n) is 12.0. The first-order valence-electron chi connectivity index (χ1n) is 6.30. The van der Waals surface area contributed by atoms with Crippen LogP contribution in [0, 0.1) is 5.82 Å². The summed E-state index contributed by atoms with van der Waals surface area (Å²) >= 11 is 0. The number of halogens is 1. The summed E-state index contributed by atoms with van der Waals surface area (Å²) in [5, 5.41) is 0. The van der Waals surface area contributed by atoms with Gasteiger partial charge in [0.2, 0.25) is 0 Å². The Morgan fingerprint density at radius 2 is 1.68 bits per heavy atom. The Labute approximate surface area is 128 Å². The van der Waals surface area contributed by atoms with Crippen molar-refractivity contribution in [3.63, 3.8) is 0 Å². The molecule has 22 heavy (non-hydrogen) atoms. The van der Waals surface area contributed by atoms with Crippen LogP contribution in [0.15, 0.2) is 53.4 Å². The van der Waals surface area contributed by atoms with E-state index < -0.39 is 21.8 Å². The molecule has 0 amide bonds. The molecule has 0 aliphatic heterocycles. The van der Waals surface area contributed by atoms with E-state index in [9.17, 15) is 17.6 Å². The second-order valence-corrected chi connectivity index (χ2v) is 6.40. The van der Waals surface area contributed by atoms with Crippen molar-refractivity contribution < 1.29 is 22.3 Å². The lowest BCUT2D eigenvalue weighted by Crippen LogP contribution is -2.28. The summed E-state index contributed by atoms with van der Waals surface area (Å²) < 4.78 is 43.7. The third kappa shape index (κ3) is 2.94. The van der Waals surface area contributed by atoms with Gasteiger partial charge in [-0.3, -0.25) is 4.31 Å². The van der Waals surface area contributed by atoms with Gasteiger partial charge >= 0.3 is 5.97 Å².